The van der Waals surface area contributed by atoms with Gasteiger partial charge in [0.15, 0.2) is 0 Å². The number of esters is 1. The Morgan fingerprint density at radius 3 is 2.23 bits per heavy atom. The number of carbonyl (C=O) groups excluding carboxylic acids is 2. The number of fused-ring (bicyclic) bond motifs is 1. The van der Waals surface area contributed by atoms with E-state index in [1.165, 1.54) is 0 Å². The highest BCUT2D eigenvalue weighted by Crippen LogP contribution is 2.21. The Morgan fingerprint density at radius 2 is 1.58 bits per heavy atom. The topological polar surface area (TPSA) is 101 Å². The maximum atomic E-state index is 12.9. The molecule has 162 valence electrons. The number of carbonyl (C=O) groups is 2. The number of hydrogen-bond donors (Lipinski definition) is 1. The molecule has 0 aliphatic rings. The van der Waals surface area contributed by atoms with Gasteiger partial charge in [-0.1, -0.05) is 42.5 Å². The first-order valence-electron chi connectivity index (χ1n) is 10.2. The molecule has 8 heteroatoms. The molecule has 0 saturated heterocycles. The summed E-state index contributed by atoms with van der Waals surface area (Å²) in [6.45, 7) is 4.62. The zero-order valence-corrected chi connectivity index (χ0v) is 17.5. The highest BCUT2D eigenvalue weighted by Gasteiger charge is 2.28. The highest BCUT2D eigenvalue weighted by molar-refractivity contribution is 5.85. The van der Waals surface area contributed by atoms with Crippen LogP contribution >= 0.6 is 0 Å². The molecular formula is C23H25N3O5. The molecule has 8 nitrogen and oxygen atoms in total. The second-order valence-corrected chi connectivity index (χ2v) is 6.98. The van der Waals surface area contributed by atoms with Crippen LogP contribution in [0.5, 0.6) is 0 Å². The summed E-state index contributed by atoms with van der Waals surface area (Å²) in [5.74, 6) is -0.948. The number of nitrogens with zero attached hydrogens (tertiary/aromatic N) is 2. The van der Waals surface area contributed by atoms with Crippen molar-refractivity contribution in [3.8, 4) is 0 Å². The van der Waals surface area contributed by atoms with E-state index in [1.54, 1.807) is 53.4 Å². The van der Waals surface area contributed by atoms with E-state index in [1.807, 2.05) is 19.9 Å². The SMILES string of the molecule is CCN(CC)C(=O)[C@H](OC(=O)CCn1[nH]c(=O)c2ccccc2c1=O)c1ccccc1. The summed E-state index contributed by atoms with van der Waals surface area (Å²) in [5, 5.41) is 3.05. The Balaban J connectivity index is 1.78. The number of hydrogen-bond acceptors (Lipinski definition) is 5. The predicted octanol–water partition coefficient (Wildman–Crippen LogP) is 2.23. The number of ether oxygens (including phenoxy) is 1. The first-order chi connectivity index (χ1) is 15.0. The third-order valence-corrected chi connectivity index (χ3v) is 5.07. The van der Waals surface area contributed by atoms with Gasteiger partial charge in [0, 0.05) is 18.7 Å². The third-order valence-electron chi connectivity index (χ3n) is 5.07. The number of benzene rings is 2. The smallest absolute Gasteiger partial charge is 0.308 e. The molecular weight excluding hydrogens is 398 g/mol. The van der Waals surface area contributed by atoms with Gasteiger partial charge in [0.25, 0.3) is 17.0 Å². The van der Waals surface area contributed by atoms with Crippen LogP contribution in [0.25, 0.3) is 10.8 Å². The molecule has 0 fully saturated rings. The van der Waals surface area contributed by atoms with E-state index in [0.717, 1.165) is 4.68 Å². The molecule has 31 heavy (non-hydrogen) atoms. The van der Waals surface area contributed by atoms with Crippen LogP contribution < -0.4 is 11.1 Å². The Kier molecular flexibility index (Phi) is 7.02. The summed E-state index contributed by atoms with van der Waals surface area (Å²) < 4.78 is 6.62. The van der Waals surface area contributed by atoms with Gasteiger partial charge < -0.3 is 9.64 Å². The Bertz CT molecular complexity index is 1180. The quantitative estimate of drug-likeness (QED) is 0.560. The van der Waals surface area contributed by atoms with Crippen molar-refractivity contribution in [3.05, 3.63) is 80.9 Å². The predicted molar refractivity (Wildman–Crippen MR) is 117 cm³/mol. The molecule has 1 atom stereocenters. The molecule has 0 unspecified atom stereocenters. The maximum absolute atomic E-state index is 12.9. The molecule has 3 aromatic rings. The zero-order chi connectivity index (χ0) is 22.4. The lowest BCUT2D eigenvalue weighted by molar-refractivity contribution is -0.161. The maximum Gasteiger partial charge on any atom is 0.308 e. The van der Waals surface area contributed by atoms with Gasteiger partial charge in [-0.3, -0.25) is 24.3 Å². The number of amides is 1. The van der Waals surface area contributed by atoms with Crippen LogP contribution in [-0.2, 0) is 20.9 Å². The average Bonchev–Trinajstić information content (AvgIpc) is 2.80. The molecule has 0 radical (unpaired) electrons. The van der Waals surface area contributed by atoms with Crippen molar-refractivity contribution in [3.63, 3.8) is 0 Å². The Morgan fingerprint density at radius 1 is 0.968 bits per heavy atom. The zero-order valence-electron chi connectivity index (χ0n) is 17.5. The van der Waals surface area contributed by atoms with Gasteiger partial charge >= 0.3 is 5.97 Å². The number of aryl methyl sites for hydroxylation is 1. The largest absolute Gasteiger partial charge is 0.447 e. The molecule has 1 amide bonds. The summed E-state index contributed by atoms with van der Waals surface area (Å²) in [6.07, 6.45) is -1.25. The van der Waals surface area contributed by atoms with Crippen molar-refractivity contribution in [1.29, 1.82) is 0 Å². The number of nitrogens with one attached hydrogen (secondary N) is 1. The van der Waals surface area contributed by atoms with Crippen molar-refractivity contribution < 1.29 is 14.3 Å². The molecule has 0 aliphatic carbocycles. The first kappa shape index (κ1) is 22.0. The van der Waals surface area contributed by atoms with Crippen LogP contribution in [-0.4, -0.2) is 39.6 Å². The minimum absolute atomic E-state index is 0.0707. The molecule has 1 heterocycles. The van der Waals surface area contributed by atoms with Gasteiger partial charge in [0.05, 0.1) is 23.7 Å². The molecule has 3 rings (SSSR count). The summed E-state index contributed by atoms with van der Waals surface area (Å²) in [7, 11) is 0. The van der Waals surface area contributed by atoms with E-state index >= 15 is 0 Å². The monoisotopic (exact) mass is 423 g/mol. The average molecular weight is 423 g/mol. The number of aromatic amines is 1. The van der Waals surface area contributed by atoms with E-state index < -0.39 is 23.2 Å². The van der Waals surface area contributed by atoms with Crippen molar-refractivity contribution in [2.45, 2.75) is 32.9 Å². The van der Waals surface area contributed by atoms with E-state index in [9.17, 15) is 19.2 Å². The van der Waals surface area contributed by atoms with Crippen molar-refractivity contribution >= 4 is 22.6 Å². The summed E-state index contributed by atoms with van der Waals surface area (Å²) in [6, 6.07) is 15.3. The standard InChI is InChI=1S/C23H25N3O5/c1-3-25(4-2)23(30)20(16-10-6-5-7-11-16)31-19(27)14-15-26-22(29)18-13-9-8-12-17(18)21(28)24-26/h5-13,20H,3-4,14-15H2,1-2H3,(H,24,28)/t20-/m1/s1. The molecule has 0 spiro atoms. The van der Waals surface area contributed by atoms with Crippen LogP contribution in [0.15, 0.2) is 64.2 Å². The lowest BCUT2D eigenvalue weighted by Gasteiger charge is -2.25. The number of rotatable bonds is 8. The van der Waals surface area contributed by atoms with Crippen LogP contribution in [0.2, 0.25) is 0 Å². The van der Waals surface area contributed by atoms with Gasteiger partial charge in [-0.05, 0) is 26.0 Å². The van der Waals surface area contributed by atoms with Crippen molar-refractivity contribution in [2.24, 2.45) is 0 Å². The number of likely N-dealkylation sites (N-methyl/N-ethyl adjacent to an activating group) is 1. The van der Waals surface area contributed by atoms with Crippen LogP contribution in [0.4, 0.5) is 0 Å². The molecule has 0 saturated carbocycles. The first-order valence-corrected chi connectivity index (χ1v) is 10.2. The molecule has 1 N–H and O–H groups in total. The van der Waals surface area contributed by atoms with Gasteiger partial charge in [-0.25, -0.2) is 4.68 Å². The molecule has 1 aromatic heterocycles. The number of aromatic nitrogens is 2. The minimum Gasteiger partial charge on any atom is -0.447 e. The van der Waals surface area contributed by atoms with Gasteiger partial charge in [-0.2, -0.15) is 0 Å². The second kappa shape index (κ2) is 9.88. The molecule has 0 aliphatic heterocycles. The highest BCUT2D eigenvalue weighted by atomic mass is 16.5. The van der Waals surface area contributed by atoms with Crippen molar-refractivity contribution in [1.82, 2.24) is 14.7 Å². The minimum atomic E-state index is -1.07. The van der Waals surface area contributed by atoms with Crippen LogP contribution in [0, 0.1) is 0 Å². The van der Waals surface area contributed by atoms with E-state index in [0.29, 0.717) is 24.0 Å². The fraction of sp³-hybridized carbons (Fsp3) is 0.304. The van der Waals surface area contributed by atoms with Gasteiger partial charge in [0.1, 0.15) is 0 Å². The van der Waals surface area contributed by atoms with E-state index in [2.05, 4.69) is 5.10 Å². The lowest BCUT2D eigenvalue weighted by Crippen LogP contribution is -2.37. The molecule has 0 bridgehead atoms. The fourth-order valence-electron chi connectivity index (χ4n) is 3.39. The number of H-pyrrole nitrogens is 1. The normalized spacial score (nSPS) is 11.8. The Hall–Kier alpha value is -3.68. The van der Waals surface area contributed by atoms with Crippen LogP contribution in [0.3, 0.4) is 0 Å². The van der Waals surface area contributed by atoms with Crippen LogP contribution in [0.1, 0.15) is 31.9 Å². The Labute approximate surface area is 179 Å². The summed E-state index contributed by atoms with van der Waals surface area (Å²) in [5.41, 5.74) is -0.242. The summed E-state index contributed by atoms with van der Waals surface area (Å²) >= 11 is 0. The van der Waals surface area contributed by atoms with Crippen molar-refractivity contribution in [2.75, 3.05) is 13.1 Å². The summed E-state index contributed by atoms with van der Waals surface area (Å²) in [4.78, 5) is 51.9. The van der Waals surface area contributed by atoms with Gasteiger partial charge in [0.2, 0.25) is 6.10 Å². The lowest BCUT2D eigenvalue weighted by atomic mass is 10.1. The fourth-order valence-corrected chi connectivity index (χ4v) is 3.39. The second-order valence-electron chi connectivity index (χ2n) is 6.98. The third kappa shape index (κ3) is 4.91. The van der Waals surface area contributed by atoms with Gasteiger partial charge in [-0.15, -0.1) is 0 Å². The van der Waals surface area contributed by atoms with E-state index in [4.69, 9.17) is 4.74 Å². The van der Waals surface area contributed by atoms with E-state index in [-0.39, 0.29) is 24.3 Å². The molecule has 2 aromatic carbocycles.